The third-order valence-corrected chi connectivity index (χ3v) is 4.40. The van der Waals surface area contributed by atoms with Gasteiger partial charge in [0.1, 0.15) is 5.75 Å². The van der Waals surface area contributed by atoms with Crippen LogP contribution in [0.5, 0.6) is 5.75 Å². The van der Waals surface area contributed by atoms with Crippen molar-refractivity contribution in [3.63, 3.8) is 0 Å². The highest BCUT2D eigenvalue weighted by Gasteiger charge is 2.09. The molecule has 0 aliphatic carbocycles. The van der Waals surface area contributed by atoms with Crippen molar-refractivity contribution in [2.45, 2.75) is 19.6 Å². The topological polar surface area (TPSA) is 74.8 Å². The van der Waals surface area contributed by atoms with Gasteiger partial charge in [0.2, 0.25) is 0 Å². The average molecular weight is 396 g/mol. The first-order valence-electron chi connectivity index (χ1n) is 8.39. The number of rotatable bonds is 9. The quantitative estimate of drug-likeness (QED) is 0.346. The van der Waals surface area contributed by atoms with E-state index in [1.165, 1.54) is 17.4 Å². The van der Waals surface area contributed by atoms with Gasteiger partial charge < -0.3 is 20.7 Å². The number of hydrogen-bond acceptors (Lipinski definition) is 4. The summed E-state index contributed by atoms with van der Waals surface area (Å²) in [5, 5.41) is 10.9. The number of hydrogen-bond donors (Lipinski definition) is 3. The Labute approximate surface area is 160 Å². The van der Waals surface area contributed by atoms with E-state index in [0.717, 1.165) is 0 Å². The Morgan fingerprint density at radius 2 is 1.93 bits per heavy atom. The van der Waals surface area contributed by atoms with Gasteiger partial charge in [-0.3, -0.25) is 9.79 Å². The van der Waals surface area contributed by atoms with Crippen molar-refractivity contribution in [3.8, 4) is 5.75 Å². The van der Waals surface area contributed by atoms with E-state index >= 15 is 0 Å². The van der Waals surface area contributed by atoms with E-state index in [0.29, 0.717) is 35.9 Å². The van der Waals surface area contributed by atoms with Gasteiger partial charge >= 0.3 is 6.61 Å². The van der Waals surface area contributed by atoms with E-state index in [9.17, 15) is 13.6 Å². The molecule has 1 amide bonds. The number of guanidine groups is 1. The first kappa shape index (κ1) is 20.6. The van der Waals surface area contributed by atoms with Crippen molar-refractivity contribution >= 4 is 23.2 Å². The van der Waals surface area contributed by atoms with Gasteiger partial charge in [0.15, 0.2) is 5.96 Å². The molecule has 0 saturated carbocycles. The van der Waals surface area contributed by atoms with Crippen LogP contribution in [0.15, 0.2) is 46.8 Å². The Morgan fingerprint density at radius 1 is 1.15 bits per heavy atom. The number of ether oxygens (including phenoxy) is 1. The molecule has 6 nitrogen and oxygen atoms in total. The van der Waals surface area contributed by atoms with Gasteiger partial charge in [-0.1, -0.05) is 24.3 Å². The summed E-state index contributed by atoms with van der Waals surface area (Å²) in [6.07, 6.45) is 0.711. The maximum atomic E-state index is 12.4. The lowest BCUT2D eigenvalue weighted by molar-refractivity contribution is -0.0504. The molecule has 0 fully saturated rings. The minimum absolute atomic E-state index is 0.0804. The van der Waals surface area contributed by atoms with Crippen LogP contribution in [-0.2, 0) is 6.54 Å². The monoisotopic (exact) mass is 396 g/mol. The number of aliphatic imine (C=N–C) groups is 1. The first-order chi connectivity index (χ1) is 13.1. The summed E-state index contributed by atoms with van der Waals surface area (Å²) in [5.41, 5.74) is 0.601. The molecule has 0 saturated heterocycles. The van der Waals surface area contributed by atoms with E-state index in [1.54, 1.807) is 31.3 Å². The lowest BCUT2D eigenvalue weighted by Crippen LogP contribution is -2.38. The fourth-order valence-electron chi connectivity index (χ4n) is 2.25. The second-order valence-electron chi connectivity index (χ2n) is 5.43. The van der Waals surface area contributed by atoms with Gasteiger partial charge in [0, 0.05) is 32.2 Å². The van der Waals surface area contributed by atoms with Crippen LogP contribution in [0.2, 0.25) is 0 Å². The second-order valence-corrected chi connectivity index (χ2v) is 6.37. The van der Waals surface area contributed by atoms with E-state index in [-0.39, 0.29) is 18.2 Å². The predicted octanol–water partition coefficient (Wildman–Crippen LogP) is 2.83. The number of carbonyl (C=O) groups excluding carboxylic acids is 1. The number of nitrogens with zero attached hydrogens (tertiary/aromatic N) is 1. The molecule has 2 aromatic rings. The molecule has 0 unspecified atom stereocenters. The Balaban J connectivity index is 1.70. The van der Waals surface area contributed by atoms with Gasteiger partial charge in [-0.2, -0.15) is 8.78 Å². The lowest BCUT2D eigenvalue weighted by Gasteiger charge is -2.14. The molecule has 0 bridgehead atoms. The number of nitrogens with one attached hydrogen (secondary N) is 3. The smallest absolute Gasteiger partial charge is 0.387 e. The highest BCUT2D eigenvalue weighted by molar-refractivity contribution is 7.12. The predicted molar refractivity (Wildman–Crippen MR) is 103 cm³/mol. The van der Waals surface area contributed by atoms with E-state index in [4.69, 9.17) is 0 Å². The summed E-state index contributed by atoms with van der Waals surface area (Å²) in [6.45, 7) is -1.45. The maximum absolute atomic E-state index is 12.4. The lowest BCUT2D eigenvalue weighted by atomic mass is 10.2. The van der Waals surface area contributed by atoms with Crippen molar-refractivity contribution in [1.29, 1.82) is 0 Å². The van der Waals surface area contributed by atoms with E-state index in [2.05, 4.69) is 25.7 Å². The summed E-state index contributed by atoms with van der Waals surface area (Å²) >= 11 is 1.40. The summed E-state index contributed by atoms with van der Waals surface area (Å²) in [5.74, 6) is 0.585. The molecule has 1 aromatic heterocycles. The Morgan fingerprint density at radius 3 is 2.63 bits per heavy atom. The van der Waals surface area contributed by atoms with Gasteiger partial charge in [-0.05, 0) is 23.9 Å². The highest BCUT2D eigenvalue weighted by Crippen LogP contribution is 2.19. The summed E-state index contributed by atoms with van der Waals surface area (Å²) in [7, 11) is 1.62. The zero-order chi connectivity index (χ0) is 19.5. The molecule has 146 valence electrons. The van der Waals surface area contributed by atoms with Crippen LogP contribution in [0, 0.1) is 0 Å². The van der Waals surface area contributed by atoms with E-state index < -0.39 is 6.61 Å². The number of para-hydroxylation sites is 1. The Hall–Kier alpha value is -2.68. The average Bonchev–Trinajstić information content (AvgIpc) is 3.19. The third kappa shape index (κ3) is 7.22. The van der Waals surface area contributed by atoms with Crippen LogP contribution in [-0.4, -0.2) is 38.6 Å². The number of alkyl halides is 2. The van der Waals surface area contributed by atoms with Gasteiger partial charge in [-0.15, -0.1) is 11.3 Å². The Bertz CT molecular complexity index is 739. The number of carbonyl (C=O) groups is 1. The SMILES string of the molecule is CN=C(NCCCNC(=O)c1cccs1)NCc1ccccc1OC(F)F. The maximum Gasteiger partial charge on any atom is 0.387 e. The molecule has 0 aliphatic heterocycles. The number of amides is 1. The molecule has 0 spiro atoms. The molecule has 27 heavy (non-hydrogen) atoms. The van der Waals surface area contributed by atoms with Crippen molar-refractivity contribution in [2.75, 3.05) is 20.1 Å². The van der Waals surface area contributed by atoms with Crippen LogP contribution >= 0.6 is 11.3 Å². The minimum atomic E-state index is -2.87. The zero-order valence-corrected chi connectivity index (χ0v) is 15.7. The van der Waals surface area contributed by atoms with Crippen molar-refractivity contribution < 1.29 is 18.3 Å². The standard InChI is InChI=1S/C18H22F2N4O2S/c1-21-18(23-10-5-9-22-16(25)15-8-4-11-27-15)24-12-13-6-2-3-7-14(13)26-17(19)20/h2-4,6-8,11,17H,5,9-10,12H2,1H3,(H,22,25)(H2,21,23,24). The largest absolute Gasteiger partial charge is 0.434 e. The van der Waals surface area contributed by atoms with Crippen LogP contribution in [0.4, 0.5) is 8.78 Å². The normalized spacial score (nSPS) is 11.3. The van der Waals surface area contributed by atoms with Crippen LogP contribution in [0.25, 0.3) is 0 Å². The highest BCUT2D eigenvalue weighted by atomic mass is 32.1. The third-order valence-electron chi connectivity index (χ3n) is 3.54. The van der Waals surface area contributed by atoms with Crippen LogP contribution in [0.1, 0.15) is 21.7 Å². The molecule has 1 heterocycles. The summed E-state index contributed by atoms with van der Waals surface area (Å²) in [4.78, 5) is 16.6. The number of thiophene rings is 1. The molecule has 0 aliphatic rings. The van der Waals surface area contributed by atoms with Gasteiger partial charge in [-0.25, -0.2) is 0 Å². The van der Waals surface area contributed by atoms with Gasteiger partial charge in [0.05, 0.1) is 4.88 Å². The summed E-state index contributed by atoms with van der Waals surface area (Å²) < 4.78 is 29.4. The van der Waals surface area contributed by atoms with Crippen molar-refractivity contribution in [1.82, 2.24) is 16.0 Å². The fraction of sp³-hybridized carbons (Fsp3) is 0.333. The number of halogens is 2. The van der Waals surface area contributed by atoms with Crippen molar-refractivity contribution in [2.24, 2.45) is 4.99 Å². The Kier molecular flexibility index (Phi) is 8.50. The second kappa shape index (κ2) is 11.1. The minimum Gasteiger partial charge on any atom is -0.434 e. The molecular weight excluding hydrogens is 374 g/mol. The first-order valence-corrected chi connectivity index (χ1v) is 9.27. The molecule has 0 radical (unpaired) electrons. The zero-order valence-electron chi connectivity index (χ0n) is 14.9. The van der Waals surface area contributed by atoms with Crippen molar-refractivity contribution in [3.05, 3.63) is 52.2 Å². The van der Waals surface area contributed by atoms with Crippen LogP contribution in [0.3, 0.4) is 0 Å². The van der Waals surface area contributed by atoms with Gasteiger partial charge in [0.25, 0.3) is 5.91 Å². The molecular formula is C18H22F2N4O2S. The van der Waals surface area contributed by atoms with E-state index in [1.807, 2.05) is 11.4 Å². The molecule has 9 heteroatoms. The summed E-state index contributed by atoms with van der Waals surface area (Å²) in [6, 6.07) is 10.2. The molecule has 3 N–H and O–H groups in total. The van der Waals surface area contributed by atoms with Crippen LogP contribution < -0.4 is 20.7 Å². The number of benzene rings is 1. The molecule has 0 atom stereocenters. The molecule has 1 aromatic carbocycles. The fourth-order valence-corrected chi connectivity index (χ4v) is 2.89. The molecule has 2 rings (SSSR count).